The molecule has 1 radical (unpaired) electrons. The number of hydrogen-bond donors (Lipinski definition) is 2. The summed E-state index contributed by atoms with van der Waals surface area (Å²) in [5, 5.41) is 48.3. The first-order chi connectivity index (χ1) is 22.6. The number of rotatable bonds is 0. The van der Waals surface area contributed by atoms with Crippen molar-refractivity contribution in [3.05, 3.63) is 57.6 Å². The van der Waals surface area contributed by atoms with Gasteiger partial charge in [-0.3, -0.25) is 10.8 Å². The molecule has 0 aromatic heterocycles. The molecule has 0 fully saturated rings. The summed E-state index contributed by atoms with van der Waals surface area (Å²) in [4.78, 5) is 7.00. The van der Waals surface area contributed by atoms with Crippen molar-refractivity contribution in [2.75, 3.05) is 63.0 Å². The van der Waals surface area contributed by atoms with Gasteiger partial charge in [-0.1, -0.05) is 125 Å². The molecule has 9 nitrogen and oxygen atoms in total. The van der Waals surface area contributed by atoms with Crippen LogP contribution in [-0.2, 0) is 21.7 Å². The number of hydrogen-bond acceptors (Lipinski definition) is 5. The van der Waals surface area contributed by atoms with Crippen LogP contribution >= 0.6 is 0 Å². The van der Waals surface area contributed by atoms with Crippen LogP contribution in [0.3, 0.4) is 0 Å². The number of guanidine groups is 2. The molecule has 0 bridgehead atoms. The molecular weight excluding hydrogens is 781 g/mol. The third-order valence-corrected chi connectivity index (χ3v) is 7.39. The van der Waals surface area contributed by atoms with E-state index in [0.29, 0.717) is 11.9 Å². The van der Waals surface area contributed by atoms with Crippen molar-refractivity contribution in [2.45, 2.75) is 126 Å². The Hall–Kier alpha value is -2.11. The number of aryl methyl sites for hydroxylation is 2. The molecule has 297 valence electrons. The first-order valence-corrected chi connectivity index (χ1v) is 17.7. The number of nitrogens with zero attached hydrogens (tertiary/aromatic N) is 4. The van der Waals surface area contributed by atoms with Gasteiger partial charge in [0.05, 0.1) is 0 Å². The van der Waals surface area contributed by atoms with E-state index in [0.717, 1.165) is 22.3 Å². The first-order valence-electron chi connectivity index (χ1n) is 17.7. The van der Waals surface area contributed by atoms with Crippen molar-refractivity contribution in [3.8, 4) is 11.5 Å². The van der Waals surface area contributed by atoms with Gasteiger partial charge in [-0.05, 0) is 57.8 Å². The van der Waals surface area contributed by atoms with Gasteiger partial charge in [0.25, 0.3) is 0 Å². The van der Waals surface area contributed by atoms with Gasteiger partial charge in [-0.15, -0.1) is 18.1 Å². The molecule has 2 N–H and O–H groups in total. The molecule has 0 amide bonds. The normalized spacial score (nSPS) is 10.9. The average Bonchev–Trinajstić information content (AvgIpc) is 2.93. The standard InChI is InChI=1S/2C15H24O.2C5H13N3.C2H5O.Nd/c2*1-10-8-11(14(2,3)4)13(16)12(9-10)15(5,6)7;2*1-7(2)5(6)8(3)4;1-2-3;/h2*8-9,16H,1-7H3;2*6H,1-4H3;2H2,1H3;/q;;;;-1;+3/p-2. The van der Waals surface area contributed by atoms with Crippen LogP contribution in [0.5, 0.6) is 11.5 Å². The maximum Gasteiger partial charge on any atom is 3.00 e. The second-order valence-corrected chi connectivity index (χ2v) is 17.9. The van der Waals surface area contributed by atoms with E-state index in [1.54, 1.807) is 26.5 Å². The fourth-order valence-corrected chi connectivity index (χ4v) is 4.57. The van der Waals surface area contributed by atoms with Crippen LogP contribution in [0.25, 0.3) is 0 Å². The van der Waals surface area contributed by atoms with Crippen LogP contribution in [0.2, 0.25) is 0 Å². The summed E-state index contributed by atoms with van der Waals surface area (Å²) in [5.74, 6) is 1.46. The first kappa shape index (κ1) is 56.6. The molecule has 2 aromatic carbocycles. The predicted octanol–water partition coefficient (Wildman–Crippen LogP) is 6.78. The Morgan fingerprint density at radius 3 is 0.692 bits per heavy atom. The van der Waals surface area contributed by atoms with Crippen LogP contribution in [0.4, 0.5) is 0 Å². The fourth-order valence-electron chi connectivity index (χ4n) is 4.57. The maximum absolute atomic E-state index is 12.4. The van der Waals surface area contributed by atoms with Crippen molar-refractivity contribution >= 4 is 11.9 Å². The molecule has 0 aliphatic heterocycles. The maximum atomic E-state index is 12.4. The molecule has 52 heavy (non-hydrogen) atoms. The Morgan fingerprint density at radius 2 is 0.615 bits per heavy atom. The van der Waals surface area contributed by atoms with Crippen LogP contribution < -0.4 is 15.3 Å². The van der Waals surface area contributed by atoms with Crippen molar-refractivity contribution in [2.24, 2.45) is 0 Å². The van der Waals surface area contributed by atoms with Crippen molar-refractivity contribution < 1.29 is 56.2 Å². The van der Waals surface area contributed by atoms with Crippen LogP contribution in [0.15, 0.2) is 24.3 Å². The Labute approximate surface area is 353 Å². The van der Waals surface area contributed by atoms with E-state index in [9.17, 15) is 10.2 Å². The van der Waals surface area contributed by atoms with Gasteiger partial charge >= 0.3 is 40.8 Å². The molecule has 0 saturated heterocycles. The van der Waals surface area contributed by atoms with Gasteiger partial charge in [-0.2, -0.15) is 0 Å². The molecule has 0 saturated carbocycles. The van der Waals surface area contributed by atoms with E-state index in [1.165, 1.54) is 11.1 Å². The Bertz CT molecular complexity index is 1160. The third kappa shape index (κ3) is 21.6. The Morgan fingerprint density at radius 1 is 0.481 bits per heavy atom. The van der Waals surface area contributed by atoms with E-state index in [4.69, 9.17) is 15.9 Å². The summed E-state index contributed by atoms with van der Waals surface area (Å²) in [6, 6.07) is 8.10. The monoisotopic (exact) mass is 856 g/mol. The zero-order chi connectivity index (χ0) is 41.6. The van der Waals surface area contributed by atoms with Crippen LogP contribution in [0.1, 0.15) is 123 Å². The van der Waals surface area contributed by atoms with Gasteiger partial charge in [0.15, 0.2) is 11.9 Å². The zero-order valence-corrected chi connectivity index (χ0v) is 40.7. The number of nitrogens with one attached hydrogen (secondary N) is 2. The summed E-state index contributed by atoms with van der Waals surface area (Å²) in [6.45, 7) is 30.8. The molecular formula is C42H77N6NdO3. The van der Waals surface area contributed by atoms with E-state index >= 15 is 0 Å². The molecule has 10 heteroatoms. The van der Waals surface area contributed by atoms with Crippen molar-refractivity contribution in [1.29, 1.82) is 10.8 Å². The van der Waals surface area contributed by atoms with Crippen LogP contribution in [-0.4, -0.2) is 94.5 Å². The van der Waals surface area contributed by atoms with E-state index in [2.05, 4.69) is 96.9 Å². The topological polar surface area (TPSA) is 130 Å². The Kier molecular flexibility index (Phi) is 25.7. The quantitative estimate of drug-likeness (QED) is 0.221. The SMILES string of the molecule is CC[O-].CN(C)C(=N)N(C)C.CN(C)C(=N)N(C)C.Cc1cc(C(C)(C)C)c([O-])c(C(C)(C)C)c1.Cc1cc(C(C)(C)C)c([O-])c(C(C)(C)C)c1.[Nd+3]. The van der Waals surface area contributed by atoms with E-state index in [-0.39, 0.29) is 80.6 Å². The predicted molar refractivity (Wildman–Crippen MR) is 217 cm³/mol. The summed E-state index contributed by atoms with van der Waals surface area (Å²) >= 11 is 0. The van der Waals surface area contributed by atoms with Crippen molar-refractivity contribution in [1.82, 2.24) is 19.6 Å². The average molecular weight is 858 g/mol. The molecule has 0 spiro atoms. The summed E-state index contributed by atoms with van der Waals surface area (Å²) in [6.07, 6.45) is 0. The second kappa shape index (κ2) is 23.6. The molecule has 0 aliphatic rings. The van der Waals surface area contributed by atoms with E-state index < -0.39 is 0 Å². The largest absolute Gasteiger partial charge is 3.00 e. The molecule has 0 heterocycles. The minimum Gasteiger partial charge on any atom is -0.872 e. The molecule has 0 aliphatic carbocycles. The van der Waals surface area contributed by atoms with Gasteiger partial charge in [0.1, 0.15) is 0 Å². The molecule has 2 aromatic rings. The smallest absolute Gasteiger partial charge is 0.872 e. The van der Waals surface area contributed by atoms with Crippen LogP contribution in [0, 0.1) is 65.5 Å². The molecule has 0 unspecified atom stereocenters. The zero-order valence-electron chi connectivity index (χ0n) is 37.5. The van der Waals surface area contributed by atoms with Gasteiger partial charge < -0.3 is 34.9 Å². The molecule has 0 atom stereocenters. The number of benzene rings is 2. The summed E-state index contributed by atoms with van der Waals surface area (Å²) in [5.41, 5.74) is 5.74. The summed E-state index contributed by atoms with van der Waals surface area (Å²) in [7, 11) is 14.8. The Balaban J connectivity index is -0.000000299. The molecule has 2 rings (SSSR count). The minimum atomic E-state index is -0.0803. The van der Waals surface area contributed by atoms with Crippen molar-refractivity contribution in [3.63, 3.8) is 0 Å². The van der Waals surface area contributed by atoms with E-state index in [1.807, 2.05) is 80.6 Å². The van der Waals surface area contributed by atoms with Gasteiger partial charge in [0, 0.05) is 56.4 Å². The third-order valence-electron chi connectivity index (χ3n) is 7.39. The second-order valence-electron chi connectivity index (χ2n) is 17.9. The van der Waals surface area contributed by atoms with Gasteiger partial charge in [0.2, 0.25) is 0 Å². The summed E-state index contributed by atoms with van der Waals surface area (Å²) < 4.78 is 0. The van der Waals surface area contributed by atoms with Gasteiger partial charge in [-0.25, -0.2) is 0 Å². The minimum absolute atomic E-state index is 0. The fraction of sp³-hybridized carbons (Fsp3) is 0.667.